The third kappa shape index (κ3) is 2.57. The third-order valence-corrected chi connectivity index (χ3v) is 8.22. The smallest absolute Gasteiger partial charge is 0.253 e. The van der Waals surface area contributed by atoms with E-state index in [1.165, 1.54) is 6.42 Å². The molecule has 0 aromatic heterocycles. The molecule has 5 rings (SSSR count). The zero-order chi connectivity index (χ0) is 19.5. The highest BCUT2D eigenvalue weighted by atomic mass is 16.3. The summed E-state index contributed by atoms with van der Waals surface area (Å²) in [5.74, 6) is 0.217. The van der Waals surface area contributed by atoms with Gasteiger partial charge in [-0.25, -0.2) is 10.4 Å². The van der Waals surface area contributed by atoms with Gasteiger partial charge in [0.1, 0.15) is 5.60 Å². The highest BCUT2D eigenvalue weighted by Gasteiger charge is 2.61. The van der Waals surface area contributed by atoms with E-state index < -0.39 is 5.60 Å². The van der Waals surface area contributed by atoms with E-state index in [-0.39, 0.29) is 41.7 Å². The lowest BCUT2D eigenvalue weighted by Crippen LogP contribution is -2.64. The van der Waals surface area contributed by atoms with Crippen LogP contribution >= 0.6 is 0 Å². The topological polar surface area (TPSA) is 112 Å². The van der Waals surface area contributed by atoms with Gasteiger partial charge in [0.25, 0.3) is 5.91 Å². The molecule has 7 atom stereocenters. The molecular formula is C20H32N6O2. The second kappa shape index (κ2) is 6.64. The average Bonchev–Trinajstić information content (AvgIpc) is 3.14. The summed E-state index contributed by atoms with van der Waals surface area (Å²) < 4.78 is 0. The number of nitriles is 1. The molecule has 4 saturated heterocycles. The van der Waals surface area contributed by atoms with Crippen molar-refractivity contribution in [3.05, 3.63) is 0 Å². The Hall–Kier alpha value is -1.24. The average molecular weight is 389 g/mol. The van der Waals surface area contributed by atoms with Crippen LogP contribution in [0.3, 0.4) is 0 Å². The van der Waals surface area contributed by atoms with Crippen LogP contribution in [0.25, 0.3) is 0 Å². The van der Waals surface area contributed by atoms with Crippen LogP contribution < -0.4 is 21.4 Å². The second-order valence-electron chi connectivity index (χ2n) is 9.67. The number of carbonyl (C=O) groups excluding carboxylic acids is 1. The maximum absolute atomic E-state index is 12.4. The standard InChI is InChI=1S/C20H32N6O2/c1-19(28)14-12(5-11-22-16(14)24-18(19)27)15-13-4-2-10-23-17(13)26(25-15)20(8-9-21)6-3-7-20/h12-17,22-23,25,28H,2-8,10-11H2,1H3,(H,24,27)/t12?,13?,14?,15?,16?,17?,19-/m0/s1. The van der Waals surface area contributed by atoms with Crippen molar-refractivity contribution in [3.63, 3.8) is 0 Å². The largest absolute Gasteiger partial charge is 0.380 e. The molecular weight excluding hydrogens is 356 g/mol. The number of amides is 1. The maximum atomic E-state index is 12.4. The number of rotatable bonds is 3. The van der Waals surface area contributed by atoms with Gasteiger partial charge in [0.05, 0.1) is 30.4 Å². The predicted molar refractivity (Wildman–Crippen MR) is 102 cm³/mol. The molecule has 28 heavy (non-hydrogen) atoms. The molecule has 0 radical (unpaired) electrons. The first-order chi connectivity index (χ1) is 13.5. The van der Waals surface area contributed by atoms with Crippen LogP contribution in [0, 0.1) is 29.1 Å². The van der Waals surface area contributed by atoms with E-state index >= 15 is 0 Å². The number of nitrogens with zero attached hydrogens (tertiary/aromatic N) is 2. The van der Waals surface area contributed by atoms with Gasteiger partial charge in [-0.1, -0.05) is 0 Å². The highest BCUT2D eigenvalue weighted by molar-refractivity contribution is 5.87. The normalized spacial score (nSPS) is 47.5. The summed E-state index contributed by atoms with van der Waals surface area (Å²) in [6.07, 6.45) is 7.12. The van der Waals surface area contributed by atoms with Gasteiger partial charge in [-0.15, -0.1) is 0 Å². The van der Waals surface area contributed by atoms with Crippen LogP contribution in [0.5, 0.6) is 0 Å². The summed E-state index contributed by atoms with van der Waals surface area (Å²) in [4.78, 5) is 12.4. The first-order valence-electron chi connectivity index (χ1n) is 10.9. The first kappa shape index (κ1) is 18.8. The maximum Gasteiger partial charge on any atom is 0.253 e. The Labute approximate surface area is 166 Å². The Morgan fingerprint density at radius 2 is 2.04 bits per heavy atom. The molecule has 0 aromatic carbocycles. The van der Waals surface area contributed by atoms with E-state index in [9.17, 15) is 15.2 Å². The quantitative estimate of drug-likeness (QED) is 0.454. The van der Waals surface area contributed by atoms with Gasteiger partial charge < -0.3 is 15.7 Å². The van der Waals surface area contributed by atoms with E-state index in [1.807, 2.05) is 0 Å². The van der Waals surface area contributed by atoms with Crippen LogP contribution in [0.1, 0.15) is 51.9 Å². The molecule has 154 valence electrons. The van der Waals surface area contributed by atoms with Gasteiger partial charge in [0.15, 0.2) is 0 Å². The molecule has 6 unspecified atom stereocenters. The van der Waals surface area contributed by atoms with Crippen molar-refractivity contribution in [2.24, 2.45) is 17.8 Å². The molecule has 0 bridgehead atoms. The van der Waals surface area contributed by atoms with Crippen molar-refractivity contribution in [3.8, 4) is 6.07 Å². The van der Waals surface area contributed by atoms with E-state index in [2.05, 4.69) is 32.5 Å². The van der Waals surface area contributed by atoms with Gasteiger partial charge in [-0.3, -0.25) is 10.1 Å². The van der Waals surface area contributed by atoms with E-state index in [0.29, 0.717) is 12.3 Å². The number of hydrogen-bond donors (Lipinski definition) is 5. The van der Waals surface area contributed by atoms with Crippen LogP contribution in [-0.2, 0) is 4.79 Å². The number of fused-ring (bicyclic) bond motifs is 2. The lowest BCUT2D eigenvalue weighted by atomic mass is 9.69. The first-order valence-corrected chi connectivity index (χ1v) is 10.9. The summed E-state index contributed by atoms with van der Waals surface area (Å²) in [6.45, 7) is 3.51. The van der Waals surface area contributed by atoms with Crippen molar-refractivity contribution in [1.82, 2.24) is 26.4 Å². The number of piperidine rings is 2. The number of hydrogen-bond acceptors (Lipinski definition) is 7. The fraction of sp³-hybridized carbons (Fsp3) is 0.900. The minimum atomic E-state index is -1.35. The van der Waals surface area contributed by atoms with Crippen molar-refractivity contribution in [2.45, 2.75) is 81.4 Å². The Morgan fingerprint density at radius 3 is 2.75 bits per heavy atom. The summed E-state index contributed by atoms with van der Waals surface area (Å²) in [7, 11) is 0. The minimum Gasteiger partial charge on any atom is -0.380 e. The molecule has 1 amide bonds. The van der Waals surface area contributed by atoms with Crippen molar-refractivity contribution >= 4 is 5.91 Å². The summed E-state index contributed by atoms with van der Waals surface area (Å²) in [5, 5.41) is 32.9. The summed E-state index contributed by atoms with van der Waals surface area (Å²) in [6, 6.07) is 2.63. The monoisotopic (exact) mass is 388 g/mol. The lowest BCUT2D eigenvalue weighted by molar-refractivity contribution is -0.138. The zero-order valence-electron chi connectivity index (χ0n) is 16.6. The van der Waals surface area contributed by atoms with Crippen LogP contribution in [0.2, 0.25) is 0 Å². The number of carbonyl (C=O) groups is 1. The molecule has 5 N–H and O–H groups in total. The Bertz CT molecular complexity index is 687. The molecule has 1 aliphatic carbocycles. The molecule has 5 fully saturated rings. The van der Waals surface area contributed by atoms with Gasteiger partial charge in [-0.05, 0) is 64.5 Å². The molecule has 8 nitrogen and oxygen atoms in total. The van der Waals surface area contributed by atoms with Gasteiger partial charge >= 0.3 is 0 Å². The minimum absolute atomic E-state index is 0.0741. The van der Waals surface area contributed by atoms with Gasteiger partial charge in [-0.2, -0.15) is 5.26 Å². The van der Waals surface area contributed by atoms with Crippen LogP contribution in [0.15, 0.2) is 0 Å². The highest BCUT2D eigenvalue weighted by Crippen LogP contribution is 2.48. The Balaban J connectivity index is 1.46. The van der Waals surface area contributed by atoms with E-state index in [4.69, 9.17) is 0 Å². The Kier molecular flexibility index (Phi) is 4.45. The molecule has 0 aromatic rings. The summed E-state index contributed by atoms with van der Waals surface area (Å²) in [5.41, 5.74) is 2.41. The number of aliphatic hydroxyl groups is 1. The lowest BCUT2D eigenvalue weighted by Gasteiger charge is -2.50. The van der Waals surface area contributed by atoms with Gasteiger partial charge in [0, 0.05) is 17.9 Å². The fourth-order valence-electron chi connectivity index (χ4n) is 6.66. The fourth-order valence-corrected chi connectivity index (χ4v) is 6.66. The molecule has 4 aliphatic heterocycles. The van der Waals surface area contributed by atoms with E-state index in [0.717, 1.165) is 45.2 Å². The molecule has 0 spiro atoms. The molecule has 8 heteroatoms. The SMILES string of the molecule is C[C@@]1(O)C(=O)NC2NCCC(C3NN(C4(CC#N)CCC4)C4NCCCC34)C21. The second-order valence-corrected chi connectivity index (χ2v) is 9.67. The zero-order valence-corrected chi connectivity index (χ0v) is 16.6. The third-order valence-electron chi connectivity index (χ3n) is 8.22. The summed E-state index contributed by atoms with van der Waals surface area (Å²) >= 11 is 0. The van der Waals surface area contributed by atoms with Crippen LogP contribution in [-0.4, -0.2) is 58.6 Å². The molecule has 4 heterocycles. The van der Waals surface area contributed by atoms with Crippen molar-refractivity contribution in [1.29, 1.82) is 5.26 Å². The van der Waals surface area contributed by atoms with Crippen molar-refractivity contribution in [2.75, 3.05) is 13.1 Å². The molecule has 1 saturated carbocycles. The van der Waals surface area contributed by atoms with Crippen molar-refractivity contribution < 1.29 is 9.90 Å². The predicted octanol–water partition coefficient (Wildman–Crippen LogP) is -0.230. The van der Waals surface area contributed by atoms with E-state index in [1.54, 1.807) is 6.92 Å². The van der Waals surface area contributed by atoms with Gasteiger partial charge in [0.2, 0.25) is 0 Å². The number of hydrazine groups is 1. The van der Waals surface area contributed by atoms with Crippen LogP contribution in [0.4, 0.5) is 0 Å². The number of nitrogens with one attached hydrogen (secondary N) is 4. The Morgan fingerprint density at radius 1 is 1.21 bits per heavy atom. The molecule has 5 aliphatic rings.